The van der Waals surface area contributed by atoms with Crippen LogP contribution in [0.5, 0.6) is 0 Å². The Bertz CT molecular complexity index is 2990. The Morgan fingerprint density at radius 2 is 1.16 bits per heavy atom. The molecule has 0 bridgehead atoms. The third-order valence-electron chi connectivity index (χ3n) is 10.8. The fourth-order valence-electron chi connectivity index (χ4n) is 8.50. The number of hydrogen-bond acceptors (Lipinski definition) is 2. The van der Waals surface area contributed by atoms with Gasteiger partial charge in [-0.1, -0.05) is 115 Å². The van der Waals surface area contributed by atoms with E-state index in [1.807, 2.05) is 17.5 Å². The molecule has 3 aromatic heterocycles. The standard InChI is InChI=1S/C47H30N2S/c1-2-14-35-33(12-1)34-13-3-4-15-36(34)41-27-30(20-22-37(35)41)29-10-9-11-31(26-29)46-47-40(24-25-48-46)42-28-32(21-23-45(42)50-47)49-43-18-7-5-16-38(43)39-17-6-8-19-44(39)49/h1-25,27-29H,26H2. The van der Waals surface area contributed by atoms with Crippen LogP contribution in [0.2, 0.25) is 0 Å². The Balaban J connectivity index is 1.01. The molecule has 0 saturated carbocycles. The molecule has 0 spiro atoms. The molecule has 1 aliphatic carbocycles. The van der Waals surface area contributed by atoms with Crippen molar-refractivity contribution in [1.29, 1.82) is 0 Å². The Kier molecular flexibility index (Phi) is 5.98. The number of fused-ring (bicyclic) bond motifs is 12. The molecule has 0 saturated heterocycles. The zero-order valence-corrected chi connectivity index (χ0v) is 28.0. The summed E-state index contributed by atoms with van der Waals surface area (Å²) in [6, 6.07) is 51.3. The second-order valence-electron chi connectivity index (χ2n) is 13.5. The Hall–Kier alpha value is -6.03. The monoisotopic (exact) mass is 654 g/mol. The van der Waals surface area contributed by atoms with E-state index < -0.39 is 0 Å². The summed E-state index contributed by atoms with van der Waals surface area (Å²) < 4.78 is 4.96. The Morgan fingerprint density at radius 3 is 1.86 bits per heavy atom. The number of aromatic nitrogens is 2. The van der Waals surface area contributed by atoms with Gasteiger partial charge < -0.3 is 4.57 Å². The molecule has 7 aromatic carbocycles. The van der Waals surface area contributed by atoms with E-state index in [0.717, 1.165) is 12.1 Å². The molecule has 50 heavy (non-hydrogen) atoms. The summed E-state index contributed by atoms with van der Waals surface area (Å²) in [5.74, 6) is 0.276. The van der Waals surface area contributed by atoms with Crippen molar-refractivity contribution in [3.05, 3.63) is 175 Å². The maximum Gasteiger partial charge on any atom is 0.0840 e. The lowest BCUT2D eigenvalue weighted by molar-refractivity contribution is 0.866. The molecular weight excluding hydrogens is 625 g/mol. The average Bonchev–Trinajstić information content (AvgIpc) is 3.73. The second kappa shape index (κ2) is 10.7. The molecule has 3 heterocycles. The zero-order valence-electron chi connectivity index (χ0n) is 27.2. The minimum absolute atomic E-state index is 0.276. The van der Waals surface area contributed by atoms with Crippen LogP contribution < -0.4 is 0 Å². The third kappa shape index (κ3) is 4.05. The average molecular weight is 655 g/mol. The van der Waals surface area contributed by atoms with Gasteiger partial charge in [0.25, 0.3) is 0 Å². The van der Waals surface area contributed by atoms with Crippen LogP contribution in [0.1, 0.15) is 23.6 Å². The first-order valence-corrected chi connectivity index (χ1v) is 18.1. The van der Waals surface area contributed by atoms with Crippen LogP contribution in [0.3, 0.4) is 0 Å². The van der Waals surface area contributed by atoms with E-state index in [0.29, 0.717) is 0 Å². The number of thiophene rings is 1. The van der Waals surface area contributed by atoms with Crippen molar-refractivity contribution in [1.82, 2.24) is 9.55 Å². The smallest absolute Gasteiger partial charge is 0.0840 e. The van der Waals surface area contributed by atoms with Gasteiger partial charge in [0.1, 0.15) is 0 Å². The molecule has 0 fully saturated rings. The second-order valence-corrected chi connectivity index (χ2v) is 14.5. The molecule has 0 radical (unpaired) electrons. The highest BCUT2D eigenvalue weighted by Crippen LogP contribution is 2.43. The van der Waals surface area contributed by atoms with Gasteiger partial charge in [0.2, 0.25) is 0 Å². The molecule has 10 aromatic rings. The number of benzene rings is 7. The highest BCUT2D eigenvalue weighted by molar-refractivity contribution is 7.26. The van der Waals surface area contributed by atoms with Crippen molar-refractivity contribution in [2.24, 2.45) is 0 Å². The summed E-state index contributed by atoms with van der Waals surface area (Å²) in [4.78, 5) is 5.04. The number of allylic oxidation sites excluding steroid dienone is 4. The summed E-state index contributed by atoms with van der Waals surface area (Å²) in [5.41, 5.74) is 7.39. The molecule has 11 rings (SSSR count). The molecule has 0 aliphatic heterocycles. The fourth-order valence-corrected chi connectivity index (χ4v) is 9.70. The normalized spacial score (nSPS) is 15.0. The topological polar surface area (TPSA) is 17.8 Å². The van der Waals surface area contributed by atoms with Gasteiger partial charge in [-0.05, 0) is 92.3 Å². The van der Waals surface area contributed by atoms with E-state index in [4.69, 9.17) is 4.98 Å². The van der Waals surface area contributed by atoms with Crippen LogP contribution >= 0.6 is 11.3 Å². The predicted molar refractivity (Wildman–Crippen MR) is 215 cm³/mol. The summed E-state index contributed by atoms with van der Waals surface area (Å²) >= 11 is 1.86. The number of rotatable bonds is 3. The van der Waals surface area contributed by atoms with Crippen molar-refractivity contribution in [2.75, 3.05) is 0 Å². The lowest BCUT2D eigenvalue weighted by atomic mass is 9.84. The first kappa shape index (κ1) is 27.9. The molecule has 1 unspecified atom stereocenters. The van der Waals surface area contributed by atoms with Gasteiger partial charge in [0, 0.05) is 44.0 Å². The number of nitrogens with zero attached hydrogens (tertiary/aromatic N) is 2. The van der Waals surface area contributed by atoms with E-state index in [-0.39, 0.29) is 5.92 Å². The van der Waals surface area contributed by atoms with Crippen molar-refractivity contribution in [3.63, 3.8) is 0 Å². The number of para-hydroxylation sites is 2. The van der Waals surface area contributed by atoms with Crippen molar-refractivity contribution in [2.45, 2.75) is 12.3 Å². The summed E-state index contributed by atoms with van der Waals surface area (Å²) in [5, 5.41) is 13.0. The summed E-state index contributed by atoms with van der Waals surface area (Å²) in [6.07, 6.45) is 9.78. The zero-order chi connectivity index (χ0) is 32.8. The van der Waals surface area contributed by atoms with E-state index >= 15 is 0 Å². The molecule has 0 amide bonds. The van der Waals surface area contributed by atoms with E-state index in [1.165, 1.54) is 91.1 Å². The summed E-state index contributed by atoms with van der Waals surface area (Å²) in [6.45, 7) is 0. The van der Waals surface area contributed by atoms with E-state index in [1.54, 1.807) is 0 Å². The fraction of sp³-hybridized carbons (Fsp3) is 0.0426. The van der Waals surface area contributed by atoms with Crippen LogP contribution in [-0.4, -0.2) is 9.55 Å². The molecule has 0 N–H and O–H groups in total. The maximum absolute atomic E-state index is 5.04. The molecular formula is C47H30N2S. The summed E-state index contributed by atoms with van der Waals surface area (Å²) in [7, 11) is 0. The minimum Gasteiger partial charge on any atom is -0.309 e. The van der Waals surface area contributed by atoms with Gasteiger partial charge in [-0.15, -0.1) is 11.3 Å². The van der Waals surface area contributed by atoms with Gasteiger partial charge in [0.15, 0.2) is 0 Å². The Morgan fingerprint density at radius 1 is 0.540 bits per heavy atom. The number of hydrogen-bond donors (Lipinski definition) is 0. The van der Waals surface area contributed by atoms with Gasteiger partial charge >= 0.3 is 0 Å². The quantitative estimate of drug-likeness (QED) is 0.173. The first-order valence-electron chi connectivity index (χ1n) is 17.3. The van der Waals surface area contributed by atoms with Crippen molar-refractivity contribution >= 4 is 91.2 Å². The molecule has 3 heteroatoms. The first-order chi connectivity index (χ1) is 24.8. The maximum atomic E-state index is 5.04. The van der Waals surface area contributed by atoms with Crippen LogP contribution in [0.25, 0.3) is 85.6 Å². The Labute approximate surface area is 292 Å². The number of pyridine rings is 1. The van der Waals surface area contributed by atoms with Gasteiger partial charge in [-0.3, -0.25) is 4.98 Å². The van der Waals surface area contributed by atoms with E-state index in [9.17, 15) is 0 Å². The van der Waals surface area contributed by atoms with Crippen LogP contribution in [0.15, 0.2) is 164 Å². The lowest BCUT2D eigenvalue weighted by Crippen LogP contribution is -2.02. The van der Waals surface area contributed by atoms with Crippen LogP contribution in [-0.2, 0) is 0 Å². The molecule has 1 atom stereocenters. The molecule has 234 valence electrons. The lowest BCUT2D eigenvalue weighted by Gasteiger charge is -2.20. The van der Waals surface area contributed by atoms with Gasteiger partial charge in [-0.2, -0.15) is 0 Å². The van der Waals surface area contributed by atoms with Gasteiger partial charge in [0.05, 0.1) is 21.4 Å². The predicted octanol–water partition coefficient (Wildman–Crippen LogP) is 13.1. The van der Waals surface area contributed by atoms with Crippen molar-refractivity contribution < 1.29 is 0 Å². The third-order valence-corrected chi connectivity index (χ3v) is 12.0. The van der Waals surface area contributed by atoms with Gasteiger partial charge in [-0.25, -0.2) is 0 Å². The molecule has 1 aliphatic rings. The van der Waals surface area contributed by atoms with Crippen LogP contribution in [0, 0.1) is 0 Å². The largest absolute Gasteiger partial charge is 0.309 e. The van der Waals surface area contributed by atoms with Crippen LogP contribution in [0.4, 0.5) is 0 Å². The highest BCUT2D eigenvalue weighted by Gasteiger charge is 2.21. The molecule has 2 nitrogen and oxygen atoms in total. The SMILES string of the molecule is C1=CC(c2ccc3c4ccccc4c4ccccc4c3c2)CC(c2nccc3c2sc2ccc(-n4c5ccccc5c5ccccc54)cc23)=C1. The highest BCUT2D eigenvalue weighted by atomic mass is 32.1. The van der Waals surface area contributed by atoms with Crippen molar-refractivity contribution in [3.8, 4) is 5.69 Å². The minimum atomic E-state index is 0.276. The van der Waals surface area contributed by atoms with E-state index in [2.05, 4.69) is 162 Å².